The molecule has 1 saturated heterocycles. The van der Waals surface area contributed by atoms with Gasteiger partial charge in [-0.2, -0.15) is 5.10 Å². The van der Waals surface area contributed by atoms with Gasteiger partial charge < -0.3 is 25.7 Å². The number of aliphatic carboxylic acids is 1. The predicted octanol–water partition coefficient (Wildman–Crippen LogP) is -1.41. The minimum absolute atomic E-state index is 0.0294. The Morgan fingerprint density at radius 1 is 1.36 bits per heavy atom. The number of nitrogen functional groups attached to an aromatic ring is 1. The van der Waals surface area contributed by atoms with Crippen LogP contribution < -0.4 is 22.2 Å². The monoisotopic (exact) mass is 638 g/mol. The third-order valence-electron chi connectivity index (χ3n) is 5.74. The van der Waals surface area contributed by atoms with Gasteiger partial charge in [-0.25, -0.2) is 14.9 Å². The quantitative estimate of drug-likeness (QED) is 0.0503. The van der Waals surface area contributed by atoms with Crippen molar-refractivity contribution in [2.24, 2.45) is 5.16 Å². The van der Waals surface area contributed by atoms with Crippen LogP contribution in [0.4, 0.5) is 5.13 Å². The molecule has 2 aromatic heterocycles. The number of β-lactam (4-membered cyclic amide) rings is 1. The second-order valence-electron chi connectivity index (χ2n) is 8.34. The molecule has 20 heteroatoms. The number of nitrogens with two attached hydrogens (primary N) is 1. The second kappa shape index (κ2) is 12.6. The van der Waals surface area contributed by atoms with Crippen molar-refractivity contribution in [3.63, 3.8) is 0 Å². The van der Waals surface area contributed by atoms with Crippen LogP contribution >= 0.6 is 35.7 Å². The van der Waals surface area contributed by atoms with E-state index < -0.39 is 52.8 Å². The Morgan fingerprint density at radius 2 is 2.10 bits per heavy atom. The lowest BCUT2D eigenvalue weighted by atomic mass is 10.0. The van der Waals surface area contributed by atoms with Gasteiger partial charge in [0.05, 0.1) is 6.61 Å². The number of esters is 1. The van der Waals surface area contributed by atoms with Crippen LogP contribution in [0.2, 0.25) is 0 Å². The zero-order valence-electron chi connectivity index (χ0n) is 21.7. The van der Waals surface area contributed by atoms with Gasteiger partial charge in [0.2, 0.25) is 0 Å². The summed E-state index contributed by atoms with van der Waals surface area (Å²) in [5.74, 6) is -3.95. The number of thiazole rings is 1. The van der Waals surface area contributed by atoms with E-state index in [9.17, 15) is 33.9 Å². The van der Waals surface area contributed by atoms with E-state index in [1.807, 2.05) is 5.10 Å². The van der Waals surface area contributed by atoms with Crippen LogP contribution in [0.25, 0.3) is 4.91 Å². The SMILES string of the molecule is CCOC(=O)Cn1c(C(S)=CC2=C(C(=O)O)N3C(=O)C(NC(=O)C(=NOC)c4csc(N)n4)C3SC2)n[nH]c(=O)c1=O. The van der Waals surface area contributed by atoms with Crippen LogP contribution in [0.1, 0.15) is 18.4 Å². The number of hydrogen-bond donors (Lipinski definition) is 5. The van der Waals surface area contributed by atoms with Crippen LogP contribution in [0.5, 0.6) is 0 Å². The van der Waals surface area contributed by atoms with E-state index in [4.69, 9.17) is 15.3 Å². The number of nitrogens with zero attached hydrogens (tertiary/aromatic N) is 5. The van der Waals surface area contributed by atoms with Crippen molar-refractivity contribution in [1.29, 1.82) is 0 Å². The van der Waals surface area contributed by atoms with E-state index in [-0.39, 0.29) is 50.9 Å². The maximum absolute atomic E-state index is 13.1. The Balaban J connectivity index is 1.62. The normalized spacial score (nSPS) is 18.7. The molecule has 5 N–H and O–H groups in total. The minimum atomic E-state index is -1.44. The molecule has 0 saturated carbocycles. The van der Waals surface area contributed by atoms with Crippen molar-refractivity contribution in [1.82, 2.24) is 30.0 Å². The highest BCUT2D eigenvalue weighted by Crippen LogP contribution is 2.41. The molecule has 0 aromatic carbocycles. The van der Waals surface area contributed by atoms with Gasteiger partial charge in [-0.1, -0.05) is 5.16 Å². The van der Waals surface area contributed by atoms with Crippen LogP contribution in [0.3, 0.4) is 0 Å². The van der Waals surface area contributed by atoms with Crippen LogP contribution in [-0.2, 0) is 35.3 Å². The molecule has 0 aliphatic carbocycles. The number of hydrogen-bond acceptors (Lipinski definition) is 15. The highest BCUT2D eigenvalue weighted by Gasteiger charge is 2.54. The number of oxime groups is 1. The Morgan fingerprint density at radius 3 is 2.71 bits per heavy atom. The molecule has 2 amide bonds. The summed E-state index contributed by atoms with van der Waals surface area (Å²) in [6.45, 7) is 0.944. The number of carbonyl (C=O) groups is 4. The van der Waals surface area contributed by atoms with Gasteiger partial charge in [0, 0.05) is 16.0 Å². The first-order valence-corrected chi connectivity index (χ1v) is 14.2. The summed E-state index contributed by atoms with van der Waals surface area (Å²) >= 11 is 6.55. The second-order valence-corrected chi connectivity index (χ2v) is 10.8. The lowest BCUT2D eigenvalue weighted by Crippen LogP contribution is -2.71. The fourth-order valence-corrected chi connectivity index (χ4v) is 6.17. The van der Waals surface area contributed by atoms with Gasteiger partial charge in [0.15, 0.2) is 16.7 Å². The number of rotatable bonds is 10. The Labute approximate surface area is 248 Å². The summed E-state index contributed by atoms with van der Waals surface area (Å²) in [7, 11) is 1.23. The maximum atomic E-state index is 13.1. The molecule has 222 valence electrons. The van der Waals surface area contributed by atoms with Gasteiger partial charge in [0.25, 0.3) is 11.8 Å². The molecule has 17 nitrogen and oxygen atoms in total. The number of thioether (sulfide) groups is 1. The predicted molar refractivity (Wildman–Crippen MR) is 152 cm³/mol. The van der Waals surface area contributed by atoms with Crippen LogP contribution in [-0.4, -0.2) is 90.1 Å². The lowest BCUT2D eigenvalue weighted by molar-refractivity contribution is -0.150. The van der Waals surface area contributed by atoms with E-state index in [0.717, 1.165) is 32.6 Å². The number of carboxylic acids is 1. The van der Waals surface area contributed by atoms with Crippen molar-refractivity contribution in [3.05, 3.63) is 55.0 Å². The molecule has 1 fully saturated rings. The van der Waals surface area contributed by atoms with E-state index in [0.29, 0.717) is 0 Å². The topological polar surface area (TPSA) is 241 Å². The fourth-order valence-electron chi connectivity index (χ4n) is 3.99. The third-order valence-corrected chi connectivity index (χ3v) is 8.05. The highest BCUT2D eigenvalue weighted by molar-refractivity contribution is 8.00. The molecule has 2 atom stereocenters. The zero-order valence-corrected chi connectivity index (χ0v) is 24.2. The smallest absolute Gasteiger partial charge is 0.352 e. The number of carbonyl (C=O) groups excluding carboxylic acids is 3. The average molecular weight is 639 g/mol. The summed E-state index contributed by atoms with van der Waals surface area (Å²) in [5, 5.41) is 22.9. The summed E-state index contributed by atoms with van der Waals surface area (Å²) in [6.07, 6.45) is 1.26. The van der Waals surface area contributed by atoms with E-state index in [2.05, 4.69) is 33.2 Å². The third kappa shape index (κ3) is 5.94. The highest BCUT2D eigenvalue weighted by atomic mass is 32.2. The summed E-state index contributed by atoms with van der Waals surface area (Å²) in [5.41, 5.74) is 3.07. The number of H-pyrrole nitrogens is 1. The molecule has 0 radical (unpaired) electrons. The molecule has 42 heavy (non-hydrogen) atoms. The number of amides is 2. The fraction of sp³-hybridized carbons (Fsp3) is 0.318. The first-order chi connectivity index (χ1) is 20.0. The molecule has 2 aliphatic rings. The Hall–Kier alpha value is -4.43. The van der Waals surface area contributed by atoms with Crippen molar-refractivity contribution < 1.29 is 33.9 Å². The van der Waals surface area contributed by atoms with Crippen LogP contribution in [0, 0.1) is 0 Å². The van der Waals surface area contributed by atoms with Crippen molar-refractivity contribution in [3.8, 4) is 0 Å². The van der Waals surface area contributed by atoms with E-state index in [1.54, 1.807) is 6.92 Å². The van der Waals surface area contributed by atoms with Gasteiger partial charge in [0.1, 0.15) is 36.5 Å². The molecular formula is C22H22N8O9S3. The number of anilines is 1. The molecule has 2 unspecified atom stereocenters. The Bertz CT molecular complexity index is 1670. The van der Waals surface area contributed by atoms with Crippen LogP contribution in [0.15, 0.2) is 37.5 Å². The number of ether oxygens (including phenoxy) is 1. The van der Waals surface area contributed by atoms with E-state index in [1.165, 1.54) is 18.6 Å². The standard InChI is InChI=1S/C22H22N8O9S3/c1-3-39-11(31)5-29-15(26-27-17(33)19(29)35)10(40)4-8-6-41-20-13(18(34)30(20)14(8)21(36)37)25-16(32)12(28-38-2)9-7-42-22(23)24-9/h4,7,13,20,40H,3,5-6H2,1-2H3,(H2,23,24)(H,25,32)(H,27,33)(H,36,37). The molecular weight excluding hydrogens is 616 g/mol. The minimum Gasteiger partial charge on any atom is -0.477 e. The summed E-state index contributed by atoms with van der Waals surface area (Å²) < 4.78 is 5.58. The molecule has 4 heterocycles. The summed E-state index contributed by atoms with van der Waals surface area (Å²) in [6, 6.07) is -1.09. The first-order valence-electron chi connectivity index (χ1n) is 11.8. The van der Waals surface area contributed by atoms with E-state index >= 15 is 0 Å². The number of aromatic nitrogens is 4. The molecule has 2 aromatic rings. The van der Waals surface area contributed by atoms with Gasteiger partial charge >= 0.3 is 23.1 Å². The number of nitrogens with one attached hydrogen (secondary N) is 2. The van der Waals surface area contributed by atoms with Gasteiger partial charge in [-0.3, -0.25) is 33.4 Å². The largest absolute Gasteiger partial charge is 0.477 e. The van der Waals surface area contributed by atoms with Gasteiger partial charge in [-0.05, 0) is 18.6 Å². The molecule has 0 bridgehead atoms. The summed E-state index contributed by atoms with van der Waals surface area (Å²) in [4.78, 5) is 84.2. The number of thiol groups is 1. The van der Waals surface area contributed by atoms with Crippen molar-refractivity contribution in [2.75, 3.05) is 25.2 Å². The number of allylic oxidation sites excluding steroid dienone is 1. The average Bonchev–Trinajstić information content (AvgIpc) is 3.38. The number of carboxylic acid groups (broad SMARTS) is 1. The molecule has 2 aliphatic heterocycles. The van der Waals surface area contributed by atoms with Crippen molar-refractivity contribution >= 4 is 75.2 Å². The lowest BCUT2D eigenvalue weighted by Gasteiger charge is -2.49. The number of fused-ring (bicyclic) bond motifs is 1. The zero-order chi connectivity index (χ0) is 30.7. The number of aromatic amines is 1. The van der Waals surface area contributed by atoms with Crippen molar-refractivity contribution in [2.45, 2.75) is 24.9 Å². The first kappa shape index (κ1) is 30.5. The Kier molecular flexibility index (Phi) is 9.17. The molecule has 4 rings (SSSR count). The van der Waals surface area contributed by atoms with Gasteiger partial charge in [-0.15, -0.1) is 35.7 Å². The molecule has 0 spiro atoms. The maximum Gasteiger partial charge on any atom is 0.352 e.